The summed E-state index contributed by atoms with van der Waals surface area (Å²) >= 11 is 0. The number of amides is 3. The van der Waals surface area contributed by atoms with Crippen molar-refractivity contribution in [3.63, 3.8) is 0 Å². The second kappa shape index (κ2) is 6.11. The minimum Gasteiger partial charge on any atom is -0.497 e. The second-order valence-corrected chi connectivity index (χ2v) is 8.29. The predicted molar refractivity (Wildman–Crippen MR) is 119 cm³/mol. The molecule has 1 atom stereocenters. The topological polar surface area (TPSA) is 65.6 Å². The number of ether oxygens (including phenoxy) is 1. The average Bonchev–Trinajstić information content (AvgIpc) is 3.26. The Kier molecular flexibility index (Phi) is 3.55. The first-order valence-electron chi connectivity index (χ1n) is 10.4. The number of imide groups is 1. The van der Waals surface area contributed by atoms with Crippen LogP contribution in [0.4, 0.5) is 10.5 Å². The monoisotopic (exact) mass is 411 g/mol. The highest BCUT2D eigenvalue weighted by Gasteiger charge is 2.59. The number of methoxy groups -OCH3 is 1. The minimum absolute atomic E-state index is 0.228. The van der Waals surface area contributed by atoms with E-state index in [1.165, 1.54) is 4.90 Å². The summed E-state index contributed by atoms with van der Waals surface area (Å²) in [7, 11) is 1.64. The summed E-state index contributed by atoms with van der Waals surface area (Å²) < 4.78 is 5.39. The Morgan fingerprint density at radius 3 is 2.65 bits per heavy atom. The Morgan fingerprint density at radius 1 is 1.00 bits per heavy atom. The van der Waals surface area contributed by atoms with E-state index >= 15 is 0 Å². The highest BCUT2D eigenvalue weighted by Crippen LogP contribution is 2.46. The van der Waals surface area contributed by atoms with Gasteiger partial charge >= 0.3 is 6.03 Å². The Morgan fingerprint density at radius 2 is 1.81 bits per heavy atom. The van der Waals surface area contributed by atoms with Crippen LogP contribution in [0.5, 0.6) is 5.75 Å². The molecule has 6 rings (SSSR count). The zero-order valence-corrected chi connectivity index (χ0v) is 17.3. The fraction of sp³-hybridized carbons (Fsp3) is 0.200. The standard InChI is InChI=1S/C25H21N3O3/c1-25-22-18(19-14-16(31-2)10-11-20(19)26-22)12-13-27(25)24(30)28(23(25)29)21-9-5-7-15-6-3-4-8-17(15)21/h3-11,14,26H,12-13H2,1-2H3/t25-/m0/s1. The molecule has 2 aliphatic heterocycles. The number of rotatable bonds is 2. The van der Waals surface area contributed by atoms with Crippen LogP contribution in [-0.4, -0.2) is 35.5 Å². The van der Waals surface area contributed by atoms with Gasteiger partial charge in [0.05, 0.1) is 18.5 Å². The zero-order chi connectivity index (χ0) is 21.3. The summed E-state index contributed by atoms with van der Waals surface area (Å²) in [5.41, 5.74) is 2.37. The number of hydrogen-bond donors (Lipinski definition) is 1. The Labute approximate surface area is 179 Å². The number of fused-ring (bicyclic) bond motifs is 6. The van der Waals surface area contributed by atoms with E-state index in [0.717, 1.165) is 38.7 Å². The van der Waals surface area contributed by atoms with E-state index in [-0.39, 0.29) is 11.9 Å². The molecular weight excluding hydrogens is 390 g/mol. The van der Waals surface area contributed by atoms with Gasteiger partial charge in [0.25, 0.3) is 5.91 Å². The summed E-state index contributed by atoms with van der Waals surface area (Å²) in [5.74, 6) is 0.543. The van der Waals surface area contributed by atoms with Gasteiger partial charge in [0.15, 0.2) is 5.54 Å². The van der Waals surface area contributed by atoms with Crippen molar-refractivity contribution in [3.05, 3.63) is 71.9 Å². The highest BCUT2D eigenvalue weighted by atomic mass is 16.5. The van der Waals surface area contributed by atoms with Gasteiger partial charge in [-0.3, -0.25) is 4.79 Å². The summed E-state index contributed by atoms with van der Waals surface area (Å²) in [6, 6.07) is 19.1. The molecule has 1 saturated heterocycles. The van der Waals surface area contributed by atoms with Crippen LogP contribution in [0.2, 0.25) is 0 Å². The van der Waals surface area contributed by atoms with E-state index in [2.05, 4.69) is 4.98 Å². The van der Waals surface area contributed by atoms with E-state index in [1.807, 2.05) is 67.6 Å². The summed E-state index contributed by atoms with van der Waals surface area (Å²) in [5, 5.41) is 2.92. The third-order valence-corrected chi connectivity index (χ3v) is 6.77. The Hall–Kier alpha value is -3.80. The molecule has 3 heterocycles. The molecule has 3 aromatic carbocycles. The van der Waals surface area contributed by atoms with Gasteiger partial charge in [0.2, 0.25) is 0 Å². The lowest BCUT2D eigenvalue weighted by Crippen LogP contribution is -2.49. The molecule has 0 unspecified atom stereocenters. The number of urea groups is 1. The van der Waals surface area contributed by atoms with Gasteiger partial charge in [-0.1, -0.05) is 36.4 Å². The molecule has 1 N–H and O–H groups in total. The summed E-state index contributed by atoms with van der Waals surface area (Å²) in [6.07, 6.45) is 0.681. The number of H-pyrrole nitrogens is 1. The molecular formula is C25H21N3O3. The fourth-order valence-electron chi connectivity index (χ4n) is 5.16. The van der Waals surface area contributed by atoms with Crippen molar-refractivity contribution < 1.29 is 14.3 Å². The Balaban J connectivity index is 1.55. The SMILES string of the molecule is COc1ccc2[nH]c3c(c2c1)CCN1C(=O)N(c2cccc4ccccc24)C(=O)[C@]31C. The smallest absolute Gasteiger partial charge is 0.332 e. The van der Waals surface area contributed by atoms with Crippen molar-refractivity contribution in [3.8, 4) is 5.75 Å². The van der Waals surface area contributed by atoms with Crippen LogP contribution in [0.25, 0.3) is 21.7 Å². The number of carbonyl (C=O) groups excluding carboxylic acids is 2. The van der Waals surface area contributed by atoms with Crippen LogP contribution >= 0.6 is 0 Å². The third kappa shape index (κ3) is 2.22. The largest absolute Gasteiger partial charge is 0.497 e. The number of benzene rings is 3. The minimum atomic E-state index is -1.08. The first-order chi connectivity index (χ1) is 15.0. The lowest BCUT2D eigenvalue weighted by Gasteiger charge is -2.35. The molecule has 6 heteroatoms. The average molecular weight is 411 g/mol. The van der Waals surface area contributed by atoms with Gasteiger partial charge in [-0.15, -0.1) is 0 Å². The van der Waals surface area contributed by atoms with Crippen LogP contribution < -0.4 is 9.64 Å². The van der Waals surface area contributed by atoms with Crippen LogP contribution in [0.1, 0.15) is 18.2 Å². The Bertz CT molecular complexity index is 1400. The van der Waals surface area contributed by atoms with Gasteiger partial charge in [0.1, 0.15) is 5.75 Å². The maximum absolute atomic E-state index is 13.9. The van der Waals surface area contributed by atoms with Crippen molar-refractivity contribution in [1.82, 2.24) is 9.88 Å². The van der Waals surface area contributed by atoms with E-state index in [1.54, 1.807) is 12.0 Å². The second-order valence-electron chi connectivity index (χ2n) is 8.29. The maximum Gasteiger partial charge on any atom is 0.332 e. The van der Waals surface area contributed by atoms with Crippen molar-refractivity contribution in [2.45, 2.75) is 18.9 Å². The molecule has 4 aromatic rings. The summed E-state index contributed by atoms with van der Waals surface area (Å²) in [4.78, 5) is 33.9. The molecule has 31 heavy (non-hydrogen) atoms. The van der Waals surface area contributed by atoms with Gasteiger partial charge in [-0.2, -0.15) is 0 Å². The molecule has 1 fully saturated rings. The summed E-state index contributed by atoms with van der Waals surface area (Å²) in [6.45, 7) is 2.34. The molecule has 0 spiro atoms. The molecule has 154 valence electrons. The van der Waals surface area contributed by atoms with E-state index < -0.39 is 5.54 Å². The normalized spacial score (nSPS) is 20.5. The van der Waals surface area contributed by atoms with Gasteiger partial charge in [0, 0.05) is 22.8 Å². The number of anilines is 1. The first-order valence-corrected chi connectivity index (χ1v) is 10.4. The van der Waals surface area contributed by atoms with Crippen LogP contribution in [0.3, 0.4) is 0 Å². The molecule has 0 bridgehead atoms. The van der Waals surface area contributed by atoms with Crippen LogP contribution in [0.15, 0.2) is 60.7 Å². The van der Waals surface area contributed by atoms with Crippen molar-refractivity contribution in [2.24, 2.45) is 0 Å². The number of aromatic nitrogens is 1. The zero-order valence-electron chi connectivity index (χ0n) is 17.3. The predicted octanol–water partition coefficient (Wildman–Crippen LogP) is 4.57. The van der Waals surface area contributed by atoms with E-state index in [0.29, 0.717) is 18.7 Å². The van der Waals surface area contributed by atoms with Crippen molar-refractivity contribution in [2.75, 3.05) is 18.6 Å². The molecule has 6 nitrogen and oxygen atoms in total. The van der Waals surface area contributed by atoms with Crippen LogP contribution in [-0.2, 0) is 16.8 Å². The quantitative estimate of drug-likeness (QED) is 0.492. The number of hydrogen-bond acceptors (Lipinski definition) is 3. The highest BCUT2D eigenvalue weighted by molar-refractivity contribution is 6.26. The molecule has 0 aliphatic carbocycles. The molecule has 0 radical (unpaired) electrons. The first kappa shape index (κ1) is 18.0. The molecule has 3 amide bonds. The van der Waals surface area contributed by atoms with Gasteiger partial charge in [-0.05, 0) is 48.6 Å². The van der Waals surface area contributed by atoms with E-state index in [4.69, 9.17) is 4.74 Å². The molecule has 0 saturated carbocycles. The van der Waals surface area contributed by atoms with Gasteiger partial charge < -0.3 is 14.6 Å². The molecule has 1 aromatic heterocycles. The number of aromatic amines is 1. The number of nitrogens with one attached hydrogen (secondary N) is 1. The lowest BCUT2D eigenvalue weighted by molar-refractivity contribution is -0.125. The maximum atomic E-state index is 13.9. The number of nitrogens with zero attached hydrogens (tertiary/aromatic N) is 2. The van der Waals surface area contributed by atoms with Crippen molar-refractivity contribution >= 4 is 39.3 Å². The number of carbonyl (C=O) groups is 2. The lowest BCUT2D eigenvalue weighted by atomic mass is 9.87. The molecule has 2 aliphatic rings. The van der Waals surface area contributed by atoms with Crippen molar-refractivity contribution in [1.29, 1.82) is 0 Å². The fourth-order valence-corrected chi connectivity index (χ4v) is 5.16. The van der Waals surface area contributed by atoms with Crippen LogP contribution in [0, 0.1) is 0 Å². The third-order valence-electron chi connectivity index (χ3n) is 6.77. The van der Waals surface area contributed by atoms with E-state index in [9.17, 15) is 9.59 Å². The van der Waals surface area contributed by atoms with Gasteiger partial charge in [-0.25, -0.2) is 9.69 Å².